The molecule has 1 aliphatic rings. The van der Waals surface area contributed by atoms with E-state index in [1.165, 1.54) is 6.07 Å². The number of rotatable bonds is 1. The molecule has 0 aliphatic carbocycles. The summed E-state index contributed by atoms with van der Waals surface area (Å²) in [5, 5.41) is 0. The molecule has 0 fully saturated rings. The first-order chi connectivity index (χ1) is 10.2. The molecule has 0 spiro atoms. The Morgan fingerprint density at radius 2 is 2.14 bits per heavy atom. The van der Waals surface area contributed by atoms with Gasteiger partial charge in [0.1, 0.15) is 5.52 Å². The monoisotopic (exact) mass is 283 g/mol. The molecule has 0 bridgehead atoms. The maximum atomic E-state index is 13.4. The Hall–Kier alpha value is -2.76. The zero-order valence-electron chi connectivity index (χ0n) is 10.9. The van der Waals surface area contributed by atoms with Crippen LogP contribution in [0.5, 0.6) is 0 Å². The van der Waals surface area contributed by atoms with Crippen LogP contribution < -0.4 is 0 Å². The molecule has 3 aromatic heterocycles. The molecule has 1 aliphatic heterocycles. The fraction of sp³-hybridized carbons (Fsp3) is 0.133. The minimum Gasteiger partial charge on any atom is -0.462 e. The molecule has 4 heterocycles. The lowest BCUT2D eigenvalue weighted by atomic mass is 10.1. The van der Waals surface area contributed by atoms with Crippen molar-refractivity contribution in [2.24, 2.45) is 0 Å². The smallest absolute Gasteiger partial charge is 0.339 e. The van der Waals surface area contributed by atoms with Gasteiger partial charge in [0, 0.05) is 24.5 Å². The first kappa shape index (κ1) is 12.0. The van der Waals surface area contributed by atoms with Crippen LogP contribution >= 0.6 is 0 Å². The van der Waals surface area contributed by atoms with Gasteiger partial charge in [0.25, 0.3) is 0 Å². The van der Waals surface area contributed by atoms with E-state index in [9.17, 15) is 9.18 Å². The Kier molecular flexibility index (Phi) is 2.50. The molecule has 0 amide bonds. The summed E-state index contributed by atoms with van der Waals surface area (Å²) in [6.45, 7) is 0.348. The quantitative estimate of drug-likeness (QED) is 0.508. The third-order valence-electron chi connectivity index (χ3n) is 3.57. The molecule has 104 valence electrons. The Labute approximate surface area is 119 Å². The molecule has 6 heteroatoms. The van der Waals surface area contributed by atoms with E-state index < -0.39 is 5.95 Å². The average molecular weight is 283 g/mol. The molecule has 0 unspecified atom stereocenters. The summed E-state index contributed by atoms with van der Waals surface area (Å²) in [4.78, 5) is 19.8. The highest BCUT2D eigenvalue weighted by Crippen LogP contribution is 2.25. The number of pyridine rings is 2. The van der Waals surface area contributed by atoms with Crippen LogP contribution in [0.2, 0.25) is 0 Å². The van der Waals surface area contributed by atoms with E-state index in [2.05, 4.69) is 9.97 Å². The number of carbonyl (C=O) groups is 1. The van der Waals surface area contributed by atoms with E-state index in [-0.39, 0.29) is 5.97 Å². The number of hydrogen-bond donors (Lipinski definition) is 0. The summed E-state index contributed by atoms with van der Waals surface area (Å²) in [6.07, 6.45) is 4.04. The lowest BCUT2D eigenvalue weighted by Gasteiger charge is -2.16. The normalized spacial score (nSPS) is 14.0. The van der Waals surface area contributed by atoms with Crippen LogP contribution in [-0.2, 0) is 11.2 Å². The number of hydrogen-bond acceptors (Lipinski definition) is 4. The van der Waals surface area contributed by atoms with E-state index in [1.54, 1.807) is 30.6 Å². The van der Waals surface area contributed by atoms with Crippen LogP contribution in [0.1, 0.15) is 16.1 Å². The number of aromatic nitrogens is 3. The highest BCUT2D eigenvalue weighted by molar-refractivity contribution is 5.92. The number of ether oxygens (including phenoxy) is 1. The fourth-order valence-corrected chi connectivity index (χ4v) is 2.63. The van der Waals surface area contributed by atoms with Gasteiger partial charge in [-0.1, -0.05) is 0 Å². The third kappa shape index (κ3) is 1.79. The SMILES string of the molecule is O=C1OCCc2c1ccn2-c1ccnc2ccc(F)nc12. The highest BCUT2D eigenvalue weighted by atomic mass is 19.1. The summed E-state index contributed by atoms with van der Waals surface area (Å²) in [7, 11) is 0. The zero-order chi connectivity index (χ0) is 14.4. The van der Waals surface area contributed by atoms with Crippen molar-refractivity contribution in [1.82, 2.24) is 14.5 Å². The summed E-state index contributed by atoms with van der Waals surface area (Å²) in [5.74, 6) is -0.885. The lowest BCUT2D eigenvalue weighted by molar-refractivity contribution is 0.0478. The molecule has 0 saturated heterocycles. The second kappa shape index (κ2) is 4.37. The Balaban J connectivity index is 1.99. The topological polar surface area (TPSA) is 57.0 Å². The number of cyclic esters (lactones) is 1. The zero-order valence-corrected chi connectivity index (χ0v) is 10.9. The second-order valence-corrected chi connectivity index (χ2v) is 4.76. The molecular weight excluding hydrogens is 273 g/mol. The van der Waals surface area contributed by atoms with Crippen LogP contribution in [0, 0.1) is 5.95 Å². The first-order valence-corrected chi connectivity index (χ1v) is 6.53. The van der Waals surface area contributed by atoms with E-state index in [1.807, 2.05) is 4.57 Å². The van der Waals surface area contributed by atoms with E-state index >= 15 is 0 Å². The van der Waals surface area contributed by atoms with Crippen LogP contribution in [0.4, 0.5) is 4.39 Å². The molecular formula is C15H10FN3O2. The number of carbonyl (C=O) groups excluding carboxylic acids is 1. The van der Waals surface area contributed by atoms with Gasteiger partial charge in [0.15, 0.2) is 0 Å². The number of nitrogens with zero attached hydrogens (tertiary/aromatic N) is 3. The van der Waals surface area contributed by atoms with Crippen molar-refractivity contribution in [2.75, 3.05) is 6.61 Å². The maximum Gasteiger partial charge on any atom is 0.339 e. The predicted molar refractivity (Wildman–Crippen MR) is 72.8 cm³/mol. The van der Waals surface area contributed by atoms with Crippen LogP contribution in [-0.4, -0.2) is 27.1 Å². The van der Waals surface area contributed by atoms with E-state index in [0.29, 0.717) is 35.3 Å². The van der Waals surface area contributed by atoms with Gasteiger partial charge >= 0.3 is 5.97 Å². The van der Waals surface area contributed by atoms with Gasteiger partial charge in [-0.25, -0.2) is 9.78 Å². The largest absolute Gasteiger partial charge is 0.462 e. The molecule has 4 rings (SSSR count). The average Bonchev–Trinajstić information content (AvgIpc) is 2.92. The minimum atomic E-state index is -0.558. The van der Waals surface area contributed by atoms with E-state index in [4.69, 9.17) is 4.74 Å². The van der Waals surface area contributed by atoms with Gasteiger partial charge in [-0.3, -0.25) is 4.98 Å². The van der Waals surface area contributed by atoms with Crippen molar-refractivity contribution < 1.29 is 13.9 Å². The highest BCUT2D eigenvalue weighted by Gasteiger charge is 2.23. The number of esters is 1. The standard InChI is InChI=1S/C15H10FN3O2/c16-13-2-1-10-14(18-13)12(3-6-17-10)19-7-4-9-11(19)5-8-21-15(9)20/h1-4,6-7H,5,8H2. The van der Waals surface area contributed by atoms with Gasteiger partial charge in [-0.05, 0) is 24.3 Å². The first-order valence-electron chi connectivity index (χ1n) is 6.53. The van der Waals surface area contributed by atoms with Crippen molar-refractivity contribution in [3.05, 3.63) is 53.9 Å². The van der Waals surface area contributed by atoms with Gasteiger partial charge in [-0.15, -0.1) is 0 Å². The van der Waals surface area contributed by atoms with Crippen LogP contribution in [0.15, 0.2) is 36.7 Å². The molecule has 0 saturated carbocycles. The molecule has 0 N–H and O–H groups in total. The summed E-state index contributed by atoms with van der Waals surface area (Å²) >= 11 is 0. The molecule has 0 radical (unpaired) electrons. The van der Waals surface area contributed by atoms with Gasteiger partial charge < -0.3 is 9.30 Å². The summed E-state index contributed by atoms with van der Waals surface area (Å²) < 4.78 is 20.3. The van der Waals surface area contributed by atoms with Crippen molar-refractivity contribution in [3.8, 4) is 5.69 Å². The maximum absolute atomic E-state index is 13.4. The van der Waals surface area contributed by atoms with Gasteiger partial charge in [-0.2, -0.15) is 4.39 Å². The lowest BCUT2D eigenvalue weighted by Crippen LogP contribution is -2.18. The van der Waals surface area contributed by atoms with Crippen molar-refractivity contribution in [3.63, 3.8) is 0 Å². The van der Waals surface area contributed by atoms with Crippen molar-refractivity contribution in [2.45, 2.75) is 6.42 Å². The second-order valence-electron chi connectivity index (χ2n) is 4.76. The van der Waals surface area contributed by atoms with E-state index in [0.717, 1.165) is 5.69 Å². The molecule has 5 nitrogen and oxygen atoms in total. The van der Waals surface area contributed by atoms with Crippen molar-refractivity contribution >= 4 is 17.0 Å². The predicted octanol–water partition coefficient (Wildman–Crippen LogP) is 2.27. The third-order valence-corrected chi connectivity index (χ3v) is 3.57. The Morgan fingerprint density at radius 1 is 1.24 bits per heavy atom. The number of fused-ring (bicyclic) bond motifs is 2. The number of halogens is 1. The molecule has 0 atom stereocenters. The summed E-state index contributed by atoms with van der Waals surface area (Å²) in [5.41, 5.74) is 3.17. The van der Waals surface area contributed by atoms with Crippen molar-refractivity contribution in [1.29, 1.82) is 0 Å². The minimum absolute atomic E-state index is 0.326. The summed E-state index contributed by atoms with van der Waals surface area (Å²) in [6, 6.07) is 6.34. The molecule has 0 aromatic carbocycles. The van der Waals surface area contributed by atoms with Crippen LogP contribution in [0.3, 0.4) is 0 Å². The Morgan fingerprint density at radius 3 is 3.05 bits per heavy atom. The van der Waals surface area contributed by atoms with Gasteiger partial charge in [0.05, 0.1) is 23.4 Å². The molecule has 21 heavy (non-hydrogen) atoms. The van der Waals surface area contributed by atoms with Gasteiger partial charge in [0.2, 0.25) is 5.95 Å². The van der Waals surface area contributed by atoms with Crippen LogP contribution in [0.25, 0.3) is 16.7 Å². The fourth-order valence-electron chi connectivity index (χ4n) is 2.63. The molecule has 3 aromatic rings. The Bertz CT molecular complexity index is 872.